The summed E-state index contributed by atoms with van der Waals surface area (Å²) in [5, 5.41) is 11.2. The van der Waals surface area contributed by atoms with Crippen LogP contribution in [0.15, 0.2) is 24.3 Å². The molecule has 0 spiro atoms. The fourth-order valence-electron chi connectivity index (χ4n) is 1.91. The van der Waals surface area contributed by atoms with Gasteiger partial charge in [-0.15, -0.1) is 0 Å². The van der Waals surface area contributed by atoms with Crippen LogP contribution < -0.4 is 5.32 Å². The van der Waals surface area contributed by atoms with Crippen molar-refractivity contribution in [2.45, 2.75) is 38.4 Å². The number of rotatable bonds is 6. The Kier molecular flexibility index (Phi) is 5.75. The number of amides is 1. The Labute approximate surface area is 120 Å². The maximum Gasteiger partial charge on any atom is 0.389 e. The number of alkyl halides is 3. The van der Waals surface area contributed by atoms with Crippen molar-refractivity contribution in [1.82, 2.24) is 5.32 Å². The topological polar surface area (TPSA) is 66.4 Å². The van der Waals surface area contributed by atoms with E-state index in [4.69, 9.17) is 5.11 Å². The van der Waals surface area contributed by atoms with Crippen LogP contribution in [-0.2, 0) is 9.59 Å². The van der Waals surface area contributed by atoms with Gasteiger partial charge >= 0.3 is 12.1 Å². The van der Waals surface area contributed by atoms with E-state index in [1.54, 1.807) is 31.2 Å². The number of benzene rings is 1. The van der Waals surface area contributed by atoms with Crippen LogP contribution in [0.5, 0.6) is 0 Å². The number of carbonyl (C=O) groups is 2. The Morgan fingerprint density at radius 2 is 1.90 bits per heavy atom. The van der Waals surface area contributed by atoms with E-state index < -0.39 is 36.9 Å². The second kappa shape index (κ2) is 7.10. The zero-order chi connectivity index (χ0) is 16.0. The lowest BCUT2D eigenvalue weighted by Gasteiger charge is -2.19. The molecule has 2 N–H and O–H groups in total. The van der Waals surface area contributed by atoms with Crippen molar-refractivity contribution in [1.29, 1.82) is 0 Å². The first-order chi connectivity index (χ1) is 9.69. The molecule has 0 unspecified atom stereocenters. The highest BCUT2D eigenvalue weighted by atomic mass is 19.4. The molecule has 0 aliphatic rings. The molecule has 1 aromatic rings. The Morgan fingerprint density at radius 3 is 2.43 bits per heavy atom. The van der Waals surface area contributed by atoms with Gasteiger partial charge in [-0.05, 0) is 18.1 Å². The normalized spacial score (nSPS) is 12.8. The van der Waals surface area contributed by atoms with Gasteiger partial charge in [-0.1, -0.05) is 24.3 Å². The first-order valence-corrected chi connectivity index (χ1v) is 6.32. The summed E-state index contributed by atoms with van der Waals surface area (Å²) in [6.45, 7) is 1.74. The summed E-state index contributed by atoms with van der Waals surface area (Å²) >= 11 is 0. The lowest BCUT2D eigenvalue weighted by molar-refractivity contribution is -0.145. The molecule has 7 heteroatoms. The van der Waals surface area contributed by atoms with Gasteiger partial charge in [-0.2, -0.15) is 13.2 Å². The summed E-state index contributed by atoms with van der Waals surface area (Å²) in [6, 6.07) is 5.98. The van der Waals surface area contributed by atoms with Gasteiger partial charge in [0.1, 0.15) is 0 Å². The molecule has 1 aromatic carbocycles. The highest BCUT2D eigenvalue weighted by molar-refractivity contribution is 5.77. The van der Waals surface area contributed by atoms with Gasteiger partial charge < -0.3 is 10.4 Å². The van der Waals surface area contributed by atoms with Crippen molar-refractivity contribution in [3.63, 3.8) is 0 Å². The molecule has 21 heavy (non-hydrogen) atoms. The number of halogens is 3. The van der Waals surface area contributed by atoms with E-state index in [1.807, 2.05) is 0 Å². The minimum absolute atomic E-state index is 0.386. The Balaban J connectivity index is 2.78. The average Bonchev–Trinajstić information content (AvgIpc) is 2.35. The molecule has 0 aromatic heterocycles. The fourth-order valence-corrected chi connectivity index (χ4v) is 1.91. The van der Waals surface area contributed by atoms with Crippen LogP contribution in [0.3, 0.4) is 0 Å². The standard InChI is InChI=1S/C14H16F3NO3/c1-9-4-2-3-5-10(9)11(8-13(20)21)18-12(19)6-7-14(15,16)17/h2-5,11H,6-8H2,1H3,(H,18,19)(H,20,21)/t11-/m1/s1. The van der Waals surface area contributed by atoms with Gasteiger partial charge in [0.2, 0.25) is 5.91 Å². The van der Waals surface area contributed by atoms with Crippen LogP contribution in [0, 0.1) is 6.92 Å². The van der Waals surface area contributed by atoms with Crippen molar-refractivity contribution in [3.8, 4) is 0 Å². The summed E-state index contributed by atoms with van der Waals surface area (Å²) < 4.78 is 36.2. The van der Waals surface area contributed by atoms with E-state index in [-0.39, 0.29) is 6.42 Å². The van der Waals surface area contributed by atoms with Crippen LogP contribution in [0.4, 0.5) is 13.2 Å². The maximum atomic E-state index is 12.1. The first kappa shape index (κ1) is 17.0. The first-order valence-electron chi connectivity index (χ1n) is 6.32. The van der Waals surface area contributed by atoms with Gasteiger partial charge in [-0.3, -0.25) is 9.59 Å². The molecular weight excluding hydrogens is 287 g/mol. The SMILES string of the molecule is Cc1ccccc1[C@@H](CC(=O)O)NC(=O)CCC(F)(F)F. The maximum absolute atomic E-state index is 12.1. The highest BCUT2D eigenvalue weighted by Gasteiger charge is 2.28. The number of carbonyl (C=O) groups excluding carboxylic acids is 1. The van der Waals surface area contributed by atoms with Crippen LogP contribution in [0.2, 0.25) is 0 Å². The molecule has 0 fully saturated rings. The van der Waals surface area contributed by atoms with Crippen molar-refractivity contribution >= 4 is 11.9 Å². The van der Waals surface area contributed by atoms with Crippen molar-refractivity contribution < 1.29 is 27.9 Å². The molecule has 1 amide bonds. The fraction of sp³-hybridized carbons (Fsp3) is 0.429. The van der Waals surface area contributed by atoms with Gasteiger partial charge in [0.15, 0.2) is 0 Å². The van der Waals surface area contributed by atoms with Crippen molar-refractivity contribution in [2.75, 3.05) is 0 Å². The van der Waals surface area contributed by atoms with E-state index in [9.17, 15) is 22.8 Å². The molecule has 116 valence electrons. The number of carboxylic acids is 1. The highest BCUT2D eigenvalue weighted by Crippen LogP contribution is 2.23. The second-order valence-corrected chi connectivity index (χ2v) is 4.69. The summed E-state index contributed by atoms with van der Waals surface area (Å²) in [5.74, 6) is -1.96. The zero-order valence-corrected chi connectivity index (χ0v) is 11.4. The van der Waals surface area contributed by atoms with Crippen LogP contribution in [-0.4, -0.2) is 23.2 Å². The smallest absolute Gasteiger partial charge is 0.389 e. The Bertz CT molecular complexity index is 514. The van der Waals surface area contributed by atoms with Gasteiger partial charge in [0, 0.05) is 6.42 Å². The molecule has 1 atom stereocenters. The molecule has 0 saturated carbocycles. The van der Waals surface area contributed by atoms with E-state index in [1.165, 1.54) is 0 Å². The summed E-state index contributed by atoms with van der Waals surface area (Å²) in [7, 11) is 0. The molecule has 1 rings (SSSR count). The summed E-state index contributed by atoms with van der Waals surface area (Å²) in [6.07, 6.45) is -6.75. The van der Waals surface area contributed by atoms with Crippen molar-refractivity contribution in [3.05, 3.63) is 35.4 Å². The molecule has 0 bridgehead atoms. The third-order valence-corrected chi connectivity index (χ3v) is 2.91. The molecule has 0 aliphatic carbocycles. The summed E-state index contributed by atoms with van der Waals surface area (Å²) in [4.78, 5) is 22.4. The predicted molar refractivity (Wildman–Crippen MR) is 69.6 cm³/mol. The number of aryl methyl sites for hydroxylation is 1. The Morgan fingerprint density at radius 1 is 1.29 bits per heavy atom. The van der Waals surface area contributed by atoms with Crippen LogP contribution in [0.25, 0.3) is 0 Å². The molecule has 0 saturated heterocycles. The monoisotopic (exact) mass is 303 g/mol. The number of carboxylic acid groups (broad SMARTS) is 1. The van der Waals surface area contributed by atoms with E-state index in [0.717, 1.165) is 5.56 Å². The lowest BCUT2D eigenvalue weighted by atomic mass is 9.98. The Hall–Kier alpha value is -2.05. The van der Waals surface area contributed by atoms with Crippen LogP contribution >= 0.6 is 0 Å². The van der Waals surface area contributed by atoms with Gasteiger partial charge in [0.25, 0.3) is 0 Å². The second-order valence-electron chi connectivity index (χ2n) is 4.69. The third kappa shape index (κ3) is 6.29. The van der Waals surface area contributed by atoms with Gasteiger partial charge in [0.05, 0.1) is 18.9 Å². The number of nitrogens with one attached hydrogen (secondary N) is 1. The van der Waals surface area contributed by atoms with E-state index in [2.05, 4.69) is 5.32 Å². The number of hydrogen-bond acceptors (Lipinski definition) is 2. The molecule has 0 radical (unpaired) electrons. The molecule has 0 heterocycles. The third-order valence-electron chi connectivity index (χ3n) is 2.91. The molecule has 0 aliphatic heterocycles. The van der Waals surface area contributed by atoms with Crippen molar-refractivity contribution in [2.24, 2.45) is 0 Å². The van der Waals surface area contributed by atoms with E-state index >= 15 is 0 Å². The summed E-state index contributed by atoms with van der Waals surface area (Å²) in [5.41, 5.74) is 1.35. The number of hydrogen-bond donors (Lipinski definition) is 2. The lowest BCUT2D eigenvalue weighted by Crippen LogP contribution is -2.31. The minimum atomic E-state index is -4.41. The number of aliphatic carboxylic acids is 1. The minimum Gasteiger partial charge on any atom is -0.481 e. The molecular formula is C14H16F3NO3. The van der Waals surface area contributed by atoms with Crippen LogP contribution in [0.1, 0.15) is 36.4 Å². The average molecular weight is 303 g/mol. The molecule has 4 nitrogen and oxygen atoms in total. The zero-order valence-electron chi connectivity index (χ0n) is 11.4. The largest absolute Gasteiger partial charge is 0.481 e. The predicted octanol–water partition coefficient (Wildman–Crippen LogP) is 2.97. The van der Waals surface area contributed by atoms with E-state index in [0.29, 0.717) is 5.56 Å². The van der Waals surface area contributed by atoms with Gasteiger partial charge in [-0.25, -0.2) is 0 Å². The quantitative estimate of drug-likeness (QED) is 0.849.